The van der Waals surface area contributed by atoms with Crippen LogP contribution >= 0.6 is 0 Å². The topological polar surface area (TPSA) is 3.01 Å². The van der Waals surface area contributed by atoms with Crippen LogP contribution in [0, 0.1) is 0 Å². The summed E-state index contributed by atoms with van der Waals surface area (Å²) < 4.78 is 41.3. The minimum Gasteiger partial charge on any atom is -0.418 e. The summed E-state index contributed by atoms with van der Waals surface area (Å²) in [7, 11) is -3.87. The van der Waals surface area contributed by atoms with Crippen molar-refractivity contribution in [1.82, 2.24) is 0 Å². The molecule has 100 valence electrons. The Kier molecular flexibility index (Phi) is 3.35. The quantitative estimate of drug-likeness (QED) is 0.382. The van der Waals surface area contributed by atoms with Gasteiger partial charge in [0.2, 0.25) is 5.69 Å². The van der Waals surface area contributed by atoms with Crippen LogP contribution in [0.4, 0.5) is 23.0 Å². The van der Waals surface area contributed by atoms with Gasteiger partial charge in [0.05, 0.1) is 10.9 Å². The largest absolute Gasteiger partial charge is 0.673 e. The lowest BCUT2D eigenvalue weighted by Gasteiger charge is -1.96. The number of benzene rings is 2. The number of rotatable bonds is 0. The molecule has 19 heavy (non-hydrogen) atoms. The summed E-state index contributed by atoms with van der Waals surface area (Å²) in [4.78, 5) is 0. The fraction of sp³-hybridized carbons (Fsp3) is 0.154. The first-order valence-electron chi connectivity index (χ1n) is 5.76. The van der Waals surface area contributed by atoms with Gasteiger partial charge in [-0.1, -0.05) is 24.3 Å². The Morgan fingerprint density at radius 3 is 2.05 bits per heavy atom. The van der Waals surface area contributed by atoms with Gasteiger partial charge in [-0.3, -0.25) is 0 Å². The van der Waals surface area contributed by atoms with Crippen LogP contribution in [0.2, 0.25) is 0 Å². The van der Waals surface area contributed by atoms with Crippen LogP contribution in [0.3, 0.4) is 0 Å². The Bertz CT molecular complexity index is 608. The van der Waals surface area contributed by atoms with Crippen molar-refractivity contribution in [3.63, 3.8) is 0 Å². The molecule has 0 atom stereocenters. The summed E-state index contributed by atoms with van der Waals surface area (Å²) in [6, 6.07) is 13.0. The van der Waals surface area contributed by atoms with Gasteiger partial charge in [-0.05, 0) is 11.5 Å². The molecule has 0 radical (unpaired) electrons. The van der Waals surface area contributed by atoms with Gasteiger partial charge in [0.1, 0.15) is 7.05 Å². The summed E-state index contributed by atoms with van der Waals surface area (Å²) in [6.45, 7) is 2.18. The van der Waals surface area contributed by atoms with Gasteiger partial charge in [-0.15, -0.1) is 0 Å². The lowest BCUT2D eigenvalue weighted by Crippen LogP contribution is -2.03. The molecule has 1 heterocycles. The molecule has 2 aromatic rings. The molecule has 0 N–H and O–H groups in total. The zero-order chi connectivity index (χ0) is 14.2. The molecule has 0 fully saturated rings. The van der Waals surface area contributed by atoms with Gasteiger partial charge in [0, 0.05) is 13.0 Å². The average molecular weight is 269 g/mol. The minimum absolute atomic E-state index is 1.33. The molecule has 0 aliphatic carbocycles. The van der Waals surface area contributed by atoms with E-state index in [0.29, 0.717) is 0 Å². The second-order valence-electron chi connectivity index (χ2n) is 4.32. The molecule has 0 unspecified atom stereocenters. The molecule has 0 amide bonds. The van der Waals surface area contributed by atoms with E-state index >= 15 is 0 Å². The summed E-state index contributed by atoms with van der Waals surface area (Å²) in [5.74, 6) is 0. The van der Waals surface area contributed by atoms with Crippen LogP contribution in [0.1, 0.15) is 12.5 Å². The highest BCUT2D eigenvalue weighted by Crippen LogP contribution is 2.33. The van der Waals surface area contributed by atoms with E-state index in [2.05, 4.69) is 54.9 Å². The van der Waals surface area contributed by atoms with Gasteiger partial charge in [0.15, 0.2) is 5.71 Å². The van der Waals surface area contributed by atoms with E-state index in [4.69, 9.17) is 0 Å². The van der Waals surface area contributed by atoms with Crippen LogP contribution in [0.25, 0.3) is 10.8 Å². The first-order valence-corrected chi connectivity index (χ1v) is 5.76. The lowest BCUT2D eigenvalue weighted by atomic mass is 10.0. The Balaban J connectivity index is 0.000000232. The normalized spacial score (nSPS) is 13.6. The summed E-state index contributed by atoms with van der Waals surface area (Å²) in [5.41, 5.74) is 4.05. The lowest BCUT2D eigenvalue weighted by molar-refractivity contribution is -0.400. The Morgan fingerprint density at radius 2 is 1.47 bits per heavy atom. The molecule has 3 rings (SSSR count). The highest BCUT2D eigenvalue weighted by atomic mass is 19.5. The van der Waals surface area contributed by atoms with Crippen molar-refractivity contribution >= 4 is 29.4 Å². The maximum Gasteiger partial charge on any atom is 0.673 e. The molecular formula is C13H12BF4N. The van der Waals surface area contributed by atoms with Crippen molar-refractivity contribution in [2.75, 3.05) is 7.05 Å². The SMILES string of the molecule is CC1=[N+](C)c2cccc3cccc1c23.F[B-](F)(F)F. The number of hydrogen-bond acceptors (Lipinski definition) is 0. The van der Waals surface area contributed by atoms with Crippen LogP contribution < -0.4 is 0 Å². The maximum atomic E-state index is 9.75. The first kappa shape index (κ1) is 13.6. The van der Waals surface area contributed by atoms with Crippen molar-refractivity contribution in [1.29, 1.82) is 0 Å². The van der Waals surface area contributed by atoms with E-state index < -0.39 is 7.25 Å². The van der Waals surface area contributed by atoms with Gasteiger partial charge < -0.3 is 17.3 Å². The second kappa shape index (κ2) is 4.68. The van der Waals surface area contributed by atoms with Gasteiger partial charge in [0.25, 0.3) is 0 Å². The predicted octanol–water partition coefficient (Wildman–Crippen LogP) is 4.24. The fourth-order valence-corrected chi connectivity index (χ4v) is 2.26. The summed E-state index contributed by atoms with van der Waals surface area (Å²) in [5, 5.41) is 2.73. The van der Waals surface area contributed by atoms with Crippen LogP contribution in [0.15, 0.2) is 36.4 Å². The summed E-state index contributed by atoms with van der Waals surface area (Å²) >= 11 is 0. The third kappa shape index (κ3) is 2.77. The Morgan fingerprint density at radius 1 is 0.947 bits per heavy atom. The van der Waals surface area contributed by atoms with Gasteiger partial charge in [-0.25, -0.2) is 0 Å². The number of halogens is 4. The fourth-order valence-electron chi connectivity index (χ4n) is 2.26. The van der Waals surface area contributed by atoms with Gasteiger partial charge in [-0.2, -0.15) is 4.58 Å². The monoisotopic (exact) mass is 269 g/mol. The maximum absolute atomic E-state index is 9.75. The molecule has 0 saturated heterocycles. The van der Waals surface area contributed by atoms with Crippen molar-refractivity contribution in [2.24, 2.45) is 0 Å². The van der Waals surface area contributed by atoms with E-state index in [1.807, 2.05) is 0 Å². The van der Waals surface area contributed by atoms with E-state index in [9.17, 15) is 17.3 Å². The Labute approximate surface area is 108 Å². The van der Waals surface area contributed by atoms with E-state index in [1.165, 1.54) is 27.7 Å². The van der Waals surface area contributed by atoms with Crippen LogP contribution in [-0.2, 0) is 0 Å². The van der Waals surface area contributed by atoms with Crippen molar-refractivity contribution in [2.45, 2.75) is 6.92 Å². The van der Waals surface area contributed by atoms with E-state index in [1.54, 1.807) is 0 Å². The molecule has 2 aromatic carbocycles. The van der Waals surface area contributed by atoms with E-state index in [0.717, 1.165) is 0 Å². The molecule has 0 aromatic heterocycles. The van der Waals surface area contributed by atoms with Gasteiger partial charge >= 0.3 is 7.25 Å². The zero-order valence-electron chi connectivity index (χ0n) is 10.5. The second-order valence-corrected chi connectivity index (χ2v) is 4.32. The molecule has 1 aliphatic rings. The third-order valence-electron chi connectivity index (χ3n) is 3.14. The highest BCUT2D eigenvalue weighted by Gasteiger charge is 2.25. The molecule has 6 heteroatoms. The first-order chi connectivity index (χ1) is 8.79. The van der Waals surface area contributed by atoms with Crippen molar-refractivity contribution in [3.05, 3.63) is 42.0 Å². The van der Waals surface area contributed by atoms with E-state index in [-0.39, 0.29) is 0 Å². The smallest absolute Gasteiger partial charge is 0.418 e. The third-order valence-corrected chi connectivity index (χ3v) is 3.14. The molecular weight excluding hydrogens is 257 g/mol. The van der Waals surface area contributed by atoms with Crippen LogP contribution in [-0.4, -0.2) is 24.6 Å². The van der Waals surface area contributed by atoms with Crippen LogP contribution in [0.5, 0.6) is 0 Å². The molecule has 1 aliphatic heterocycles. The summed E-state index contributed by atoms with van der Waals surface area (Å²) in [6.07, 6.45) is 0. The van der Waals surface area contributed by atoms with Crippen molar-refractivity contribution in [3.8, 4) is 0 Å². The number of nitrogens with zero attached hydrogens (tertiary/aromatic N) is 1. The van der Waals surface area contributed by atoms with Crippen molar-refractivity contribution < 1.29 is 21.8 Å². The molecule has 0 saturated carbocycles. The highest BCUT2D eigenvalue weighted by molar-refractivity contribution is 6.50. The predicted molar refractivity (Wildman–Crippen MR) is 69.8 cm³/mol. The average Bonchev–Trinajstić information content (AvgIpc) is 2.56. The number of hydrogen-bond donors (Lipinski definition) is 0. The zero-order valence-corrected chi connectivity index (χ0v) is 10.5. The standard InChI is InChI=1S/C13H12N.BF4/c1-9-11-7-3-5-10-6-4-8-12(13(10)11)14(9)2;2-1(3,4)5/h3-8H,1-2H3;/q+1;-1. The molecule has 1 nitrogen and oxygen atoms in total. The minimum atomic E-state index is -6.00. The molecule has 0 spiro atoms. The molecule has 0 bridgehead atoms. The Hall–Kier alpha value is -1.85.